The van der Waals surface area contributed by atoms with Gasteiger partial charge in [0.25, 0.3) is 11.8 Å². The van der Waals surface area contributed by atoms with Crippen molar-refractivity contribution in [2.24, 2.45) is 5.92 Å². The van der Waals surface area contributed by atoms with Crippen molar-refractivity contribution in [3.63, 3.8) is 0 Å². The first-order valence-corrected chi connectivity index (χ1v) is 11.3. The lowest BCUT2D eigenvalue weighted by Gasteiger charge is -2.23. The minimum atomic E-state index is -0.702. The van der Waals surface area contributed by atoms with E-state index in [1.165, 1.54) is 7.11 Å². The molecular formula is C26H32N4O4. The molecule has 3 aromatic rings. The predicted octanol–water partition coefficient (Wildman–Crippen LogP) is 4.95. The van der Waals surface area contributed by atoms with Crippen LogP contribution in [-0.4, -0.2) is 40.5 Å². The van der Waals surface area contributed by atoms with Crippen LogP contribution in [0.2, 0.25) is 0 Å². The van der Waals surface area contributed by atoms with Gasteiger partial charge in [0, 0.05) is 11.1 Å². The van der Waals surface area contributed by atoms with Crippen LogP contribution < -0.4 is 15.4 Å². The molecule has 0 aliphatic carbocycles. The first kappa shape index (κ1) is 25.0. The van der Waals surface area contributed by atoms with Crippen molar-refractivity contribution < 1.29 is 19.1 Å². The molecule has 0 unspecified atom stereocenters. The number of fused-ring (bicyclic) bond motifs is 1. The number of aromatic nitrogens is 2. The number of ether oxygens (including phenoxy) is 2. The summed E-state index contributed by atoms with van der Waals surface area (Å²) in [6, 6.07) is 13.5. The van der Waals surface area contributed by atoms with E-state index < -0.39 is 12.0 Å². The highest BCUT2D eigenvalue weighted by Gasteiger charge is 2.23. The monoisotopic (exact) mass is 464 g/mol. The fourth-order valence-electron chi connectivity index (χ4n) is 3.35. The lowest BCUT2D eigenvalue weighted by Crippen LogP contribution is -2.42. The van der Waals surface area contributed by atoms with E-state index in [0.29, 0.717) is 34.9 Å². The molecule has 1 heterocycles. The first-order chi connectivity index (χ1) is 16.1. The summed E-state index contributed by atoms with van der Waals surface area (Å²) in [5, 5.41) is 6.09. The average molecular weight is 465 g/mol. The van der Waals surface area contributed by atoms with Crippen LogP contribution in [0.5, 0.6) is 11.6 Å². The van der Waals surface area contributed by atoms with Crippen molar-refractivity contribution in [3.05, 3.63) is 54.1 Å². The number of hydrogen-bond donors (Lipinski definition) is 2. The number of benzene rings is 2. The quantitative estimate of drug-likeness (QED) is 0.455. The van der Waals surface area contributed by atoms with Gasteiger partial charge in [0.1, 0.15) is 11.8 Å². The van der Waals surface area contributed by atoms with Crippen molar-refractivity contribution >= 4 is 28.7 Å². The molecule has 0 aliphatic rings. The zero-order valence-electron chi connectivity index (χ0n) is 20.5. The van der Waals surface area contributed by atoms with Gasteiger partial charge < -0.3 is 20.1 Å². The molecule has 0 aliphatic heterocycles. The summed E-state index contributed by atoms with van der Waals surface area (Å²) in [5.74, 6) is 0.777. The maximum absolute atomic E-state index is 12.7. The summed E-state index contributed by atoms with van der Waals surface area (Å²) in [5.41, 5.74) is 1.63. The van der Waals surface area contributed by atoms with Crippen LogP contribution in [-0.2, 0) is 9.53 Å². The first-order valence-electron chi connectivity index (χ1n) is 11.3. The molecule has 2 N–H and O–H groups in total. The number of hydrogen-bond acceptors (Lipinski definition) is 7. The van der Waals surface area contributed by atoms with Crippen molar-refractivity contribution in [2.75, 3.05) is 12.4 Å². The number of anilines is 1. The Hall–Kier alpha value is -3.68. The lowest BCUT2D eigenvalue weighted by molar-refractivity contribution is -0.143. The number of carbonyl (C=O) groups is 2. The minimum absolute atomic E-state index is 0.221. The second kappa shape index (κ2) is 10.5. The number of rotatable bonds is 8. The fraction of sp³-hybridized carbons (Fsp3) is 0.385. The largest absolute Gasteiger partial charge is 0.467 e. The molecule has 0 spiro atoms. The fourth-order valence-corrected chi connectivity index (χ4v) is 3.35. The summed E-state index contributed by atoms with van der Waals surface area (Å²) in [7, 11) is 1.31. The number of methoxy groups -OCH3 is 1. The van der Waals surface area contributed by atoms with Gasteiger partial charge in [-0.2, -0.15) is 0 Å². The van der Waals surface area contributed by atoms with Gasteiger partial charge in [0.2, 0.25) is 0 Å². The Morgan fingerprint density at radius 2 is 1.59 bits per heavy atom. The normalized spacial score (nSPS) is 12.3. The highest BCUT2D eigenvalue weighted by molar-refractivity contribution is 5.96. The maximum Gasteiger partial charge on any atom is 0.328 e. The molecule has 0 radical (unpaired) electrons. The van der Waals surface area contributed by atoms with Crippen LogP contribution in [0.1, 0.15) is 51.4 Å². The summed E-state index contributed by atoms with van der Waals surface area (Å²) < 4.78 is 10.9. The zero-order chi connectivity index (χ0) is 24.9. The molecule has 0 fully saturated rings. The Morgan fingerprint density at radius 3 is 2.15 bits per heavy atom. The molecule has 2 aromatic carbocycles. The predicted molar refractivity (Wildman–Crippen MR) is 132 cm³/mol. The molecule has 8 heteroatoms. The topological polar surface area (TPSA) is 102 Å². The van der Waals surface area contributed by atoms with Crippen molar-refractivity contribution in [3.8, 4) is 11.6 Å². The number of carbonyl (C=O) groups excluding carboxylic acids is 2. The molecule has 0 bridgehead atoms. The molecule has 1 aromatic heterocycles. The standard InChI is InChI=1S/C26H32N4O4/c1-16(2)15-21(25(32)33-6)28-23(31)17-11-13-18(14-12-17)34-24-22(30-26(3,4)5)27-19-9-7-8-10-20(19)29-24/h7-14,16,21H,15H2,1-6H3,(H,27,30)(H,28,31)/t21-/m0/s1. The van der Waals surface area contributed by atoms with Gasteiger partial charge in [-0.25, -0.2) is 14.8 Å². The van der Waals surface area contributed by atoms with Gasteiger partial charge in [-0.3, -0.25) is 4.79 Å². The second-order valence-electron chi connectivity index (χ2n) is 9.55. The van der Waals surface area contributed by atoms with Crippen LogP contribution in [0.25, 0.3) is 11.0 Å². The highest BCUT2D eigenvalue weighted by Crippen LogP contribution is 2.30. The number of nitrogens with one attached hydrogen (secondary N) is 2. The number of para-hydroxylation sites is 2. The van der Waals surface area contributed by atoms with E-state index in [0.717, 1.165) is 5.52 Å². The molecule has 0 saturated heterocycles. The molecule has 1 amide bonds. The van der Waals surface area contributed by atoms with Crippen LogP contribution in [0.15, 0.2) is 48.5 Å². The summed E-state index contributed by atoms with van der Waals surface area (Å²) in [4.78, 5) is 34.0. The minimum Gasteiger partial charge on any atom is -0.467 e. The average Bonchev–Trinajstić information content (AvgIpc) is 2.77. The SMILES string of the molecule is COC(=O)[C@H](CC(C)C)NC(=O)c1ccc(Oc2nc3ccccc3nc2NC(C)(C)C)cc1. The van der Waals surface area contributed by atoms with Gasteiger partial charge in [-0.1, -0.05) is 26.0 Å². The van der Waals surface area contributed by atoms with E-state index in [4.69, 9.17) is 9.47 Å². The smallest absolute Gasteiger partial charge is 0.328 e. The zero-order valence-corrected chi connectivity index (χ0v) is 20.5. The van der Waals surface area contributed by atoms with E-state index in [1.54, 1.807) is 24.3 Å². The van der Waals surface area contributed by atoms with E-state index in [-0.39, 0.29) is 17.4 Å². The molecule has 8 nitrogen and oxygen atoms in total. The summed E-state index contributed by atoms with van der Waals surface area (Å²) >= 11 is 0. The molecule has 180 valence electrons. The number of esters is 1. The molecule has 34 heavy (non-hydrogen) atoms. The number of amides is 1. The van der Waals surface area contributed by atoms with E-state index in [9.17, 15) is 9.59 Å². The molecule has 0 saturated carbocycles. The van der Waals surface area contributed by atoms with Gasteiger partial charge >= 0.3 is 5.97 Å². The van der Waals surface area contributed by atoms with E-state index in [1.807, 2.05) is 58.9 Å². The highest BCUT2D eigenvalue weighted by atomic mass is 16.5. The Bertz CT molecular complexity index is 1150. The third kappa shape index (κ3) is 6.66. The van der Waals surface area contributed by atoms with Crippen LogP contribution in [0.4, 0.5) is 5.82 Å². The van der Waals surface area contributed by atoms with Crippen molar-refractivity contribution in [1.29, 1.82) is 0 Å². The third-order valence-corrected chi connectivity index (χ3v) is 4.86. The van der Waals surface area contributed by atoms with Gasteiger partial charge in [0.05, 0.1) is 18.1 Å². The van der Waals surface area contributed by atoms with E-state index >= 15 is 0 Å². The summed E-state index contributed by atoms with van der Waals surface area (Å²) in [6.07, 6.45) is 0.490. The lowest BCUT2D eigenvalue weighted by atomic mass is 10.0. The van der Waals surface area contributed by atoms with Gasteiger partial charge in [-0.15, -0.1) is 0 Å². The van der Waals surface area contributed by atoms with Gasteiger partial charge in [-0.05, 0) is 69.5 Å². The Labute approximate surface area is 200 Å². The second-order valence-corrected chi connectivity index (χ2v) is 9.55. The summed E-state index contributed by atoms with van der Waals surface area (Å²) in [6.45, 7) is 10.0. The number of nitrogens with zero attached hydrogens (tertiary/aromatic N) is 2. The molecule has 1 atom stereocenters. The molecule has 3 rings (SSSR count). The van der Waals surface area contributed by atoms with Crippen LogP contribution in [0.3, 0.4) is 0 Å². The van der Waals surface area contributed by atoms with E-state index in [2.05, 4.69) is 20.6 Å². The third-order valence-electron chi connectivity index (χ3n) is 4.86. The maximum atomic E-state index is 12.7. The Kier molecular flexibility index (Phi) is 7.71. The Balaban J connectivity index is 1.80. The van der Waals surface area contributed by atoms with Gasteiger partial charge in [0.15, 0.2) is 5.82 Å². The van der Waals surface area contributed by atoms with Crippen LogP contribution >= 0.6 is 0 Å². The Morgan fingerprint density at radius 1 is 0.971 bits per heavy atom. The molecular weight excluding hydrogens is 432 g/mol. The van der Waals surface area contributed by atoms with Crippen molar-refractivity contribution in [2.45, 2.75) is 52.6 Å². The van der Waals surface area contributed by atoms with Crippen molar-refractivity contribution in [1.82, 2.24) is 15.3 Å². The van der Waals surface area contributed by atoms with Crippen LogP contribution in [0, 0.1) is 5.92 Å².